The number of rotatable bonds is 3. The van der Waals surface area contributed by atoms with Crippen molar-refractivity contribution in [3.8, 4) is 11.3 Å². The Kier molecular flexibility index (Phi) is 4.63. The number of carbonyl (C=O) groups excluding carboxylic acids is 1. The molecule has 0 unspecified atom stereocenters. The van der Waals surface area contributed by atoms with E-state index in [1.165, 1.54) is 5.56 Å². The highest BCUT2D eigenvalue weighted by molar-refractivity contribution is 5.93. The van der Waals surface area contributed by atoms with E-state index in [1.807, 2.05) is 45.8 Å². The minimum atomic E-state index is -0.0470. The fourth-order valence-electron chi connectivity index (χ4n) is 3.78. The molecule has 1 fully saturated rings. The van der Waals surface area contributed by atoms with Crippen molar-refractivity contribution < 1.29 is 4.79 Å². The minimum Gasteiger partial charge on any atom is -0.353 e. The molecule has 7 heteroatoms. The van der Waals surface area contributed by atoms with E-state index in [2.05, 4.69) is 38.9 Å². The van der Waals surface area contributed by atoms with Gasteiger partial charge in [-0.2, -0.15) is 0 Å². The number of fused-ring (bicyclic) bond motifs is 1. The Bertz CT molecular complexity index is 1180. The van der Waals surface area contributed by atoms with Gasteiger partial charge in [0.15, 0.2) is 5.65 Å². The molecule has 0 atom stereocenters. The Morgan fingerprint density at radius 3 is 2.47 bits per heavy atom. The first kappa shape index (κ1) is 18.3. The van der Waals surface area contributed by atoms with Gasteiger partial charge in [-0.25, -0.2) is 9.97 Å². The Hall–Kier alpha value is -3.74. The zero-order valence-corrected chi connectivity index (χ0v) is 16.8. The van der Waals surface area contributed by atoms with Crippen LogP contribution in [0.5, 0.6) is 0 Å². The van der Waals surface area contributed by atoms with Crippen molar-refractivity contribution in [2.45, 2.75) is 6.92 Å². The molecule has 7 nitrogen and oxygen atoms in total. The van der Waals surface area contributed by atoms with Crippen LogP contribution in [0.25, 0.3) is 16.9 Å². The molecule has 0 N–H and O–H groups in total. The van der Waals surface area contributed by atoms with Gasteiger partial charge in [0.25, 0.3) is 5.91 Å². The molecule has 1 aliphatic rings. The summed E-state index contributed by atoms with van der Waals surface area (Å²) in [6, 6.07) is 14.1. The number of piperazine rings is 1. The molecule has 3 aromatic heterocycles. The number of aromatic nitrogens is 4. The molecule has 1 aromatic carbocycles. The molecule has 1 aliphatic heterocycles. The lowest BCUT2D eigenvalue weighted by Crippen LogP contribution is -2.49. The van der Waals surface area contributed by atoms with Crippen LogP contribution in [-0.2, 0) is 0 Å². The minimum absolute atomic E-state index is 0.0470. The lowest BCUT2D eigenvalue weighted by molar-refractivity contribution is 0.0741. The van der Waals surface area contributed by atoms with Gasteiger partial charge < -0.3 is 14.2 Å². The quantitative estimate of drug-likeness (QED) is 0.531. The zero-order valence-electron chi connectivity index (χ0n) is 16.8. The van der Waals surface area contributed by atoms with Gasteiger partial charge in [-0.3, -0.25) is 9.78 Å². The maximum absolute atomic E-state index is 13.1. The summed E-state index contributed by atoms with van der Waals surface area (Å²) in [4.78, 5) is 30.7. The number of aryl methyl sites for hydroxylation is 1. The molecule has 0 radical (unpaired) electrons. The SMILES string of the molecule is Cc1ccc(-c2nccn3cc(C(=O)N4CCN(c5ccccn5)CC4)nc23)cc1. The molecule has 1 amide bonds. The van der Waals surface area contributed by atoms with E-state index >= 15 is 0 Å². The first-order valence-corrected chi connectivity index (χ1v) is 10.0. The maximum Gasteiger partial charge on any atom is 0.274 e. The number of carbonyl (C=O) groups is 1. The number of anilines is 1. The first-order valence-electron chi connectivity index (χ1n) is 10.0. The molecule has 30 heavy (non-hydrogen) atoms. The summed E-state index contributed by atoms with van der Waals surface area (Å²) in [5.41, 5.74) is 4.09. The largest absolute Gasteiger partial charge is 0.353 e. The van der Waals surface area contributed by atoms with E-state index in [1.54, 1.807) is 18.6 Å². The Morgan fingerprint density at radius 1 is 0.933 bits per heavy atom. The summed E-state index contributed by atoms with van der Waals surface area (Å²) >= 11 is 0. The van der Waals surface area contributed by atoms with E-state index in [-0.39, 0.29) is 5.91 Å². The Labute approximate surface area is 174 Å². The second kappa shape index (κ2) is 7.59. The third-order valence-corrected chi connectivity index (χ3v) is 5.46. The van der Waals surface area contributed by atoms with Crippen LogP contribution in [0.4, 0.5) is 5.82 Å². The lowest BCUT2D eigenvalue weighted by atomic mass is 10.1. The lowest BCUT2D eigenvalue weighted by Gasteiger charge is -2.35. The third-order valence-electron chi connectivity index (χ3n) is 5.46. The summed E-state index contributed by atoms with van der Waals surface area (Å²) in [7, 11) is 0. The van der Waals surface area contributed by atoms with Crippen LogP contribution in [0.3, 0.4) is 0 Å². The molecule has 4 heterocycles. The summed E-state index contributed by atoms with van der Waals surface area (Å²) in [6.07, 6.45) is 7.16. The number of amides is 1. The van der Waals surface area contributed by atoms with Gasteiger partial charge >= 0.3 is 0 Å². The predicted molar refractivity (Wildman–Crippen MR) is 116 cm³/mol. The third kappa shape index (κ3) is 3.39. The van der Waals surface area contributed by atoms with Crippen molar-refractivity contribution in [3.63, 3.8) is 0 Å². The van der Waals surface area contributed by atoms with Crippen LogP contribution in [0.1, 0.15) is 16.1 Å². The Balaban J connectivity index is 1.37. The van der Waals surface area contributed by atoms with Crippen LogP contribution >= 0.6 is 0 Å². The maximum atomic E-state index is 13.1. The van der Waals surface area contributed by atoms with E-state index in [4.69, 9.17) is 0 Å². The number of pyridine rings is 1. The first-order chi connectivity index (χ1) is 14.7. The van der Waals surface area contributed by atoms with Gasteiger partial charge in [-0.15, -0.1) is 0 Å². The van der Waals surface area contributed by atoms with Gasteiger partial charge in [-0.05, 0) is 19.1 Å². The summed E-state index contributed by atoms with van der Waals surface area (Å²) in [5, 5.41) is 0. The number of benzene rings is 1. The van der Waals surface area contributed by atoms with Crippen molar-refractivity contribution in [2.24, 2.45) is 0 Å². The molecule has 1 saturated heterocycles. The summed E-state index contributed by atoms with van der Waals surface area (Å²) < 4.78 is 1.87. The molecule has 0 spiro atoms. The van der Waals surface area contributed by atoms with Crippen LogP contribution < -0.4 is 4.90 Å². The van der Waals surface area contributed by atoms with Gasteiger partial charge in [0.2, 0.25) is 0 Å². The fraction of sp³-hybridized carbons (Fsp3) is 0.217. The predicted octanol–water partition coefficient (Wildman–Crippen LogP) is 3.06. The smallest absolute Gasteiger partial charge is 0.274 e. The molecule has 0 bridgehead atoms. The second-order valence-electron chi connectivity index (χ2n) is 7.47. The van der Waals surface area contributed by atoms with Gasteiger partial charge in [0.1, 0.15) is 17.2 Å². The van der Waals surface area contributed by atoms with Crippen LogP contribution in [0, 0.1) is 6.92 Å². The number of imidazole rings is 1. The number of hydrogen-bond donors (Lipinski definition) is 0. The van der Waals surface area contributed by atoms with Crippen LogP contribution in [0.15, 0.2) is 67.3 Å². The molecule has 0 saturated carbocycles. The molecular weight excluding hydrogens is 376 g/mol. The summed E-state index contributed by atoms with van der Waals surface area (Å²) in [6.45, 7) is 4.86. The highest BCUT2D eigenvalue weighted by Crippen LogP contribution is 2.23. The van der Waals surface area contributed by atoms with E-state index in [0.29, 0.717) is 24.4 Å². The van der Waals surface area contributed by atoms with Gasteiger partial charge in [-0.1, -0.05) is 35.9 Å². The van der Waals surface area contributed by atoms with Crippen molar-refractivity contribution >= 4 is 17.4 Å². The van der Waals surface area contributed by atoms with Crippen molar-refractivity contribution in [2.75, 3.05) is 31.1 Å². The molecule has 5 rings (SSSR count). The van der Waals surface area contributed by atoms with Gasteiger partial charge in [0, 0.05) is 56.5 Å². The monoisotopic (exact) mass is 398 g/mol. The molecule has 150 valence electrons. The average Bonchev–Trinajstić information content (AvgIpc) is 3.24. The second-order valence-corrected chi connectivity index (χ2v) is 7.47. The number of nitrogens with zero attached hydrogens (tertiary/aromatic N) is 6. The zero-order chi connectivity index (χ0) is 20.5. The van der Waals surface area contributed by atoms with E-state index < -0.39 is 0 Å². The van der Waals surface area contributed by atoms with Gasteiger partial charge in [0.05, 0.1) is 0 Å². The molecule has 0 aliphatic carbocycles. The topological polar surface area (TPSA) is 66.6 Å². The average molecular weight is 398 g/mol. The van der Waals surface area contributed by atoms with E-state index in [0.717, 1.165) is 30.2 Å². The van der Waals surface area contributed by atoms with Crippen molar-refractivity contribution in [1.82, 2.24) is 24.3 Å². The fourth-order valence-corrected chi connectivity index (χ4v) is 3.78. The Morgan fingerprint density at radius 2 is 1.73 bits per heavy atom. The van der Waals surface area contributed by atoms with Crippen molar-refractivity contribution in [3.05, 3.63) is 78.5 Å². The summed E-state index contributed by atoms with van der Waals surface area (Å²) in [5.74, 6) is 0.903. The van der Waals surface area contributed by atoms with Crippen LogP contribution in [0.2, 0.25) is 0 Å². The highest BCUT2D eigenvalue weighted by atomic mass is 16.2. The van der Waals surface area contributed by atoms with Crippen LogP contribution in [-0.4, -0.2) is 56.3 Å². The number of hydrogen-bond acceptors (Lipinski definition) is 5. The van der Waals surface area contributed by atoms with Crippen molar-refractivity contribution in [1.29, 1.82) is 0 Å². The molecule has 4 aromatic rings. The molecular formula is C23H22N6O. The standard InChI is InChI=1S/C23H22N6O/c1-17-5-7-18(8-6-17)21-22-26-19(16-29(22)11-10-25-21)23(30)28-14-12-27(13-15-28)20-4-2-3-9-24-20/h2-11,16H,12-15H2,1H3. The normalized spacial score (nSPS) is 14.3. The van der Waals surface area contributed by atoms with E-state index in [9.17, 15) is 4.79 Å². The highest BCUT2D eigenvalue weighted by Gasteiger charge is 2.25.